The standard InChI is InChI=1S/C18H16ClN7/c19-15-7-17(26-18(24-15)14(9-23-26)12-4-5-12)21-8-13-10-25(11-22-13)16-3-1-2-6-20-16/h1-3,6-7,9-12,21H,4-5,8H2. The molecule has 0 saturated heterocycles. The van der Waals surface area contributed by atoms with Crippen LogP contribution in [0.5, 0.6) is 0 Å². The van der Waals surface area contributed by atoms with E-state index in [1.165, 1.54) is 18.4 Å². The summed E-state index contributed by atoms with van der Waals surface area (Å²) in [4.78, 5) is 13.2. The third-order valence-corrected chi connectivity index (χ3v) is 4.68. The van der Waals surface area contributed by atoms with Crippen molar-refractivity contribution < 1.29 is 0 Å². The van der Waals surface area contributed by atoms with Crippen molar-refractivity contribution in [2.45, 2.75) is 25.3 Å². The summed E-state index contributed by atoms with van der Waals surface area (Å²) >= 11 is 6.22. The second kappa shape index (κ2) is 6.10. The largest absolute Gasteiger partial charge is 0.364 e. The van der Waals surface area contributed by atoms with Gasteiger partial charge in [0.15, 0.2) is 5.65 Å². The molecule has 0 radical (unpaired) electrons. The SMILES string of the molecule is Clc1cc(NCc2cn(-c3ccccn3)cn2)n2ncc(C3CC3)c2n1. The van der Waals surface area contributed by atoms with Gasteiger partial charge in [0.05, 0.1) is 18.4 Å². The molecule has 0 aliphatic heterocycles. The zero-order chi connectivity index (χ0) is 17.5. The van der Waals surface area contributed by atoms with Crippen molar-refractivity contribution in [1.29, 1.82) is 0 Å². The summed E-state index contributed by atoms with van der Waals surface area (Å²) in [5, 5.41) is 8.31. The van der Waals surface area contributed by atoms with Crippen molar-refractivity contribution in [2.24, 2.45) is 0 Å². The van der Waals surface area contributed by atoms with E-state index in [2.05, 4.69) is 25.4 Å². The predicted molar refractivity (Wildman–Crippen MR) is 98.7 cm³/mol. The fourth-order valence-corrected chi connectivity index (χ4v) is 3.21. The normalized spacial score (nSPS) is 14.0. The van der Waals surface area contributed by atoms with E-state index in [0.29, 0.717) is 17.6 Å². The van der Waals surface area contributed by atoms with Gasteiger partial charge in [-0.3, -0.25) is 4.57 Å². The fourth-order valence-electron chi connectivity index (χ4n) is 3.03. The Morgan fingerprint density at radius 3 is 2.96 bits per heavy atom. The molecule has 0 unspecified atom stereocenters. The molecule has 8 heteroatoms. The molecule has 4 aromatic heterocycles. The van der Waals surface area contributed by atoms with E-state index in [1.807, 2.05) is 39.7 Å². The highest BCUT2D eigenvalue weighted by atomic mass is 35.5. The van der Waals surface area contributed by atoms with Crippen LogP contribution in [0, 0.1) is 0 Å². The van der Waals surface area contributed by atoms with Crippen molar-refractivity contribution in [3.8, 4) is 5.82 Å². The van der Waals surface area contributed by atoms with E-state index < -0.39 is 0 Å². The smallest absolute Gasteiger partial charge is 0.162 e. The highest BCUT2D eigenvalue weighted by Gasteiger charge is 2.28. The number of fused-ring (bicyclic) bond motifs is 1. The van der Waals surface area contributed by atoms with Crippen LogP contribution >= 0.6 is 11.6 Å². The van der Waals surface area contributed by atoms with E-state index in [9.17, 15) is 0 Å². The first kappa shape index (κ1) is 15.3. The van der Waals surface area contributed by atoms with Gasteiger partial charge in [-0.15, -0.1) is 0 Å². The van der Waals surface area contributed by atoms with Gasteiger partial charge in [0.25, 0.3) is 0 Å². The predicted octanol–water partition coefficient (Wildman–Crippen LogP) is 3.45. The van der Waals surface area contributed by atoms with E-state index in [1.54, 1.807) is 18.6 Å². The third-order valence-electron chi connectivity index (χ3n) is 4.49. The first-order valence-electron chi connectivity index (χ1n) is 8.50. The van der Waals surface area contributed by atoms with Crippen LogP contribution in [0.25, 0.3) is 11.5 Å². The van der Waals surface area contributed by atoms with Crippen LogP contribution in [0.15, 0.2) is 49.2 Å². The molecule has 0 bridgehead atoms. The van der Waals surface area contributed by atoms with Crippen LogP contribution in [-0.4, -0.2) is 29.1 Å². The molecule has 1 aliphatic rings. The number of nitrogens with one attached hydrogen (secondary N) is 1. The lowest BCUT2D eigenvalue weighted by atomic mass is 10.2. The number of nitrogens with zero attached hydrogens (tertiary/aromatic N) is 6. The summed E-state index contributed by atoms with van der Waals surface area (Å²) < 4.78 is 3.71. The number of hydrogen-bond acceptors (Lipinski definition) is 5. The van der Waals surface area contributed by atoms with Crippen molar-refractivity contribution in [2.75, 3.05) is 5.32 Å². The van der Waals surface area contributed by atoms with Gasteiger partial charge in [-0.25, -0.2) is 15.0 Å². The zero-order valence-electron chi connectivity index (χ0n) is 13.9. The minimum atomic E-state index is 0.460. The lowest BCUT2D eigenvalue weighted by Crippen LogP contribution is -2.06. The molecule has 0 amide bonds. The number of anilines is 1. The molecule has 1 N–H and O–H groups in total. The topological polar surface area (TPSA) is 72.9 Å². The Labute approximate surface area is 154 Å². The van der Waals surface area contributed by atoms with Crippen molar-refractivity contribution in [1.82, 2.24) is 29.1 Å². The molecule has 0 aromatic carbocycles. The Hall–Kier alpha value is -2.93. The highest BCUT2D eigenvalue weighted by Crippen LogP contribution is 2.42. The Balaban J connectivity index is 1.39. The van der Waals surface area contributed by atoms with Gasteiger partial charge in [0.1, 0.15) is 23.1 Å². The van der Waals surface area contributed by atoms with Gasteiger partial charge in [-0.2, -0.15) is 9.61 Å². The average Bonchev–Trinajstić information content (AvgIpc) is 3.24. The van der Waals surface area contributed by atoms with E-state index in [4.69, 9.17) is 11.6 Å². The highest BCUT2D eigenvalue weighted by molar-refractivity contribution is 6.29. The van der Waals surface area contributed by atoms with Crippen LogP contribution < -0.4 is 5.32 Å². The number of halogens is 1. The van der Waals surface area contributed by atoms with E-state index in [0.717, 1.165) is 23.0 Å². The van der Waals surface area contributed by atoms with Gasteiger partial charge in [0, 0.05) is 24.0 Å². The van der Waals surface area contributed by atoms with Gasteiger partial charge in [-0.05, 0) is 30.9 Å². The molecule has 1 fully saturated rings. The fraction of sp³-hybridized carbons (Fsp3) is 0.222. The van der Waals surface area contributed by atoms with Crippen molar-refractivity contribution >= 4 is 23.1 Å². The summed E-state index contributed by atoms with van der Waals surface area (Å²) in [6.45, 7) is 0.550. The van der Waals surface area contributed by atoms with Crippen molar-refractivity contribution in [3.05, 3.63) is 65.6 Å². The molecule has 4 heterocycles. The number of imidazole rings is 1. The number of aromatic nitrogens is 6. The maximum absolute atomic E-state index is 6.22. The first-order chi connectivity index (χ1) is 12.8. The number of rotatable bonds is 5. The maximum Gasteiger partial charge on any atom is 0.162 e. The van der Waals surface area contributed by atoms with E-state index >= 15 is 0 Å². The molecule has 1 aliphatic carbocycles. The van der Waals surface area contributed by atoms with Gasteiger partial charge < -0.3 is 5.32 Å². The van der Waals surface area contributed by atoms with Crippen LogP contribution in [-0.2, 0) is 6.54 Å². The molecular formula is C18H16ClN7. The van der Waals surface area contributed by atoms with Crippen molar-refractivity contribution in [3.63, 3.8) is 0 Å². The third kappa shape index (κ3) is 2.80. The summed E-state index contributed by atoms with van der Waals surface area (Å²) in [6.07, 6.45) is 9.77. The minimum absolute atomic E-state index is 0.460. The molecule has 7 nitrogen and oxygen atoms in total. The molecule has 5 rings (SSSR count). The summed E-state index contributed by atoms with van der Waals surface area (Å²) in [7, 11) is 0. The number of hydrogen-bond donors (Lipinski definition) is 1. The van der Waals surface area contributed by atoms with E-state index in [-0.39, 0.29) is 0 Å². The molecular weight excluding hydrogens is 350 g/mol. The minimum Gasteiger partial charge on any atom is -0.364 e. The molecule has 0 atom stereocenters. The zero-order valence-corrected chi connectivity index (χ0v) is 14.6. The summed E-state index contributed by atoms with van der Waals surface area (Å²) in [5.74, 6) is 2.21. The van der Waals surface area contributed by atoms with Crippen LogP contribution in [0.1, 0.15) is 30.0 Å². The first-order valence-corrected chi connectivity index (χ1v) is 8.88. The lowest BCUT2D eigenvalue weighted by molar-refractivity contribution is 0.919. The summed E-state index contributed by atoms with van der Waals surface area (Å²) in [6, 6.07) is 7.56. The Kier molecular flexibility index (Phi) is 3.60. The molecule has 4 aromatic rings. The maximum atomic E-state index is 6.22. The molecule has 1 saturated carbocycles. The molecule has 0 spiro atoms. The Morgan fingerprint density at radius 2 is 2.15 bits per heavy atom. The van der Waals surface area contributed by atoms with Crippen LogP contribution in [0.3, 0.4) is 0 Å². The quantitative estimate of drug-likeness (QED) is 0.548. The second-order valence-corrected chi connectivity index (χ2v) is 6.77. The summed E-state index contributed by atoms with van der Waals surface area (Å²) in [5.41, 5.74) is 2.91. The van der Waals surface area contributed by atoms with Crippen LogP contribution in [0.2, 0.25) is 5.15 Å². The Morgan fingerprint density at radius 1 is 1.23 bits per heavy atom. The van der Waals surface area contributed by atoms with Crippen LogP contribution in [0.4, 0.5) is 5.82 Å². The van der Waals surface area contributed by atoms with Gasteiger partial charge in [0.2, 0.25) is 0 Å². The number of pyridine rings is 1. The molecule has 130 valence electrons. The van der Waals surface area contributed by atoms with Gasteiger partial charge >= 0.3 is 0 Å². The Bertz CT molecular complexity index is 1070. The lowest BCUT2D eigenvalue weighted by Gasteiger charge is -2.08. The second-order valence-electron chi connectivity index (χ2n) is 6.39. The monoisotopic (exact) mass is 365 g/mol. The average molecular weight is 366 g/mol. The van der Waals surface area contributed by atoms with Gasteiger partial charge in [-0.1, -0.05) is 17.7 Å². The molecule has 26 heavy (non-hydrogen) atoms.